The Bertz CT molecular complexity index is 895. The first kappa shape index (κ1) is 15.3. The number of fused-ring (bicyclic) bond motifs is 1. The van der Waals surface area contributed by atoms with Crippen molar-refractivity contribution < 1.29 is 4.79 Å². The van der Waals surface area contributed by atoms with Gasteiger partial charge in [0.05, 0.1) is 17.4 Å². The zero-order chi connectivity index (χ0) is 17.1. The first-order chi connectivity index (χ1) is 12.3. The number of carbonyl (C=O) groups excluding carboxylic acids is 1. The Hall–Kier alpha value is -3.21. The van der Waals surface area contributed by atoms with Crippen LogP contribution in [0.3, 0.4) is 0 Å². The van der Waals surface area contributed by atoms with Crippen LogP contribution >= 0.6 is 0 Å². The Morgan fingerprint density at radius 3 is 2.80 bits per heavy atom. The van der Waals surface area contributed by atoms with Crippen LogP contribution in [-0.4, -0.2) is 22.4 Å². The molecule has 1 aliphatic rings. The highest BCUT2D eigenvalue weighted by Gasteiger charge is 2.20. The molecule has 0 saturated heterocycles. The van der Waals surface area contributed by atoms with E-state index in [1.807, 2.05) is 30.5 Å². The van der Waals surface area contributed by atoms with E-state index in [0.29, 0.717) is 12.1 Å². The fraction of sp³-hybridized carbons (Fsp3) is 0.150. The fourth-order valence-electron chi connectivity index (χ4n) is 3.09. The molecule has 1 N–H and O–H groups in total. The van der Waals surface area contributed by atoms with Crippen LogP contribution in [0.2, 0.25) is 0 Å². The molecule has 0 aliphatic carbocycles. The lowest BCUT2D eigenvalue weighted by molar-refractivity contribution is 0.0950. The maximum absolute atomic E-state index is 12.4. The predicted octanol–water partition coefficient (Wildman–Crippen LogP) is 3.10. The van der Waals surface area contributed by atoms with Crippen LogP contribution < -0.4 is 10.2 Å². The lowest BCUT2D eigenvalue weighted by Gasteiger charge is -2.19. The zero-order valence-corrected chi connectivity index (χ0v) is 13.7. The van der Waals surface area contributed by atoms with Gasteiger partial charge in [-0.1, -0.05) is 18.2 Å². The number of benzene rings is 1. The molecule has 0 spiro atoms. The molecule has 0 radical (unpaired) electrons. The first-order valence-electron chi connectivity index (χ1n) is 8.29. The molecule has 124 valence electrons. The van der Waals surface area contributed by atoms with Crippen LogP contribution in [0.15, 0.2) is 67.3 Å². The Morgan fingerprint density at radius 2 is 1.92 bits per heavy atom. The maximum Gasteiger partial charge on any atom is 0.253 e. The van der Waals surface area contributed by atoms with Crippen LogP contribution in [0.25, 0.3) is 0 Å². The van der Waals surface area contributed by atoms with Crippen molar-refractivity contribution >= 4 is 17.3 Å². The summed E-state index contributed by atoms with van der Waals surface area (Å²) in [5.41, 5.74) is 5.05. The smallest absolute Gasteiger partial charge is 0.253 e. The van der Waals surface area contributed by atoms with Gasteiger partial charge < -0.3 is 10.2 Å². The topological polar surface area (TPSA) is 58.1 Å². The predicted molar refractivity (Wildman–Crippen MR) is 96.8 cm³/mol. The Labute approximate surface area is 146 Å². The van der Waals surface area contributed by atoms with Crippen LogP contribution in [0.1, 0.15) is 21.5 Å². The number of rotatable bonds is 4. The Morgan fingerprint density at radius 1 is 1.08 bits per heavy atom. The lowest BCUT2D eigenvalue weighted by atomic mass is 10.2. The third-order valence-electron chi connectivity index (χ3n) is 4.39. The second kappa shape index (κ2) is 6.73. The van der Waals surface area contributed by atoms with Crippen molar-refractivity contribution in [1.82, 2.24) is 15.3 Å². The third-order valence-corrected chi connectivity index (χ3v) is 4.39. The minimum Gasteiger partial charge on any atom is -0.348 e. The summed E-state index contributed by atoms with van der Waals surface area (Å²) in [6, 6.07) is 14.0. The van der Waals surface area contributed by atoms with E-state index >= 15 is 0 Å². The van der Waals surface area contributed by atoms with Crippen LogP contribution in [0, 0.1) is 0 Å². The van der Waals surface area contributed by atoms with E-state index in [-0.39, 0.29) is 5.91 Å². The monoisotopic (exact) mass is 330 g/mol. The van der Waals surface area contributed by atoms with Crippen molar-refractivity contribution in [1.29, 1.82) is 0 Å². The van der Waals surface area contributed by atoms with Gasteiger partial charge in [0.2, 0.25) is 0 Å². The standard InChI is InChI=1S/C20H18N4O/c25-20(23-12-15-5-8-21-9-6-15)17-11-18(14-22-13-17)24-10-7-16-3-1-2-4-19(16)24/h1-6,8-9,11,13-14H,7,10,12H2,(H,23,25). The molecule has 0 atom stereocenters. The van der Waals surface area contributed by atoms with E-state index in [2.05, 4.69) is 38.4 Å². The number of hydrogen-bond acceptors (Lipinski definition) is 4. The molecule has 0 bridgehead atoms. The Kier molecular flexibility index (Phi) is 4.12. The van der Waals surface area contributed by atoms with E-state index in [0.717, 1.165) is 24.2 Å². The molecular weight excluding hydrogens is 312 g/mol. The number of hydrogen-bond donors (Lipinski definition) is 1. The van der Waals surface area contributed by atoms with E-state index in [4.69, 9.17) is 0 Å². The minimum atomic E-state index is -0.126. The molecule has 1 aromatic carbocycles. The van der Waals surface area contributed by atoms with Crippen molar-refractivity contribution in [3.05, 3.63) is 83.9 Å². The summed E-state index contributed by atoms with van der Waals surface area (Å²) in [4.78, 5) is 22.9. The Balaban J connectivity index is 1.51. The molecule has 0 unspecified atom stereocenters. The molecule has 2 aromatic heterocycles. The van der Waals surface area contributed by atoms with Gasteiger partial charge in [-0.25, -0.2) is 0 Å². The van der Waals surface area contributed by atoms with Gasteiger partial charge in [0, 0.05) is 37.4 Å². The summed E-state index contributed by atoms with van der Waals surface area (Å²) >= 11 is 0. The third kappa shape index (κ3) is 3.21. The molecule has 1 aliphatic heterocycles. The van der Waals surface area contributed by atoms with Gasteiger partial charge in [-0.2, -0.15) is 0 Å². The molecule has 0 saturated carbocycles. The lowest BCUT2D eigenvalue weighted by Crippen LogP contribution is -2.23. The van der Waals surface area contributed by atoms with Crippen LogP contribution in [-0.2, 0) is 13.0 Å². The highest BCUT2D eigenvalue weighted by atomic mass is 16.1. The van der Waals surface area contributed by atoms with E-state index in [1.54, 1.807) is 18.6 Å². The summed E-state index contributed by atoms with van der Waals surface area (Å²) in [6.07, 6.45) is 7.85. The van der Waals surface area contributed by atoms with Crippen molar-refractivity contribution in [2.45, 2.75) is 13.0 Å². The minimum absolute atomic E-state index is 0.126. The average molecular weight is 330 g/mol. The van der Waals surface area contributed by atoms with Gasteiger partial charge in [-0.15, -0.1) is 0 Å². The number of pyridine rings is 2. The van der Waals surface area contributed by atoms with Gasteiger partial charge >= 0.3 is 0 Å². The van der Waals surface area contributed by atoms with Gasteiger partial charge in [0.25, 0.3) is 5.91 Å². The number of nitrogens with zero attached hydrogens (tertiary/aromatic N) is 3. The number of para-hydroxylation sites is 1. The van der Waals surface area contributed by atoms with E-state index in [9.17, 15) is 4.79 Å². The van der Waals surface area contributed by atoms with Crippen LogP contribution in [0.5, 0.6) is 0 Å². The highest BCUT2D eigenvalue weighted by Crippen LogP contribution is 2.33. The largest absolute Gasteiger partial charge is 0.348 e. The molecule has 3 aromatic rings. The number of nitrogens with one attached hydrogen (secondary N) is 1. The van der Waals surface area contributed by atoms with Crippen molar-refractivity contribution in [3.8, 4) is 0 Å². The second-order valence-electron chi connectivity index (χ2n) is 6.00. The normalized spacial score (nSPS) is 12.7. The number of aromatic nitrogens is 2. The summed E-state index contributed by atoms with van der Waals surface area (Å²) in [5, 5.41) is 2.93. The van der Waals surface area contributed by atoms with Crippen molar-refractivity contribution in [2.75, 3.05) is 11.4 Å². The first-order valence-corrected chi connectivity index (χ1v) is 8.29. The molecular formula is C20H18N4O. The molecule has 4 rings (SSSR count). The van der Waals surface area contributed by atoms with E-state index < -0.39 is 0 Å². The maximum atomic E-state index is 12.4. The van der Waals surface area contributed by atoms with Crippen LogP contribution in [0.4, 0.5) is 11.4 Å². The van der Waals surface area contributed by atoms with Crippen molar-refractivity contribution in [3.63, 3.8) is 0 Å². The molecule has 5 heteroatoms. The van der Waals surface area contributed by atoms with Gasteiger partial charge in [-0.05, 0) is 41.8 Å². The molecule has 1 amide bonds. The average Bonchev–Trinajstić information content (AvgIpc) is 3.11. The van der Waals surface area contributed by atoms with Gasteiger partial charge in [0.15, 0.2) is 0 Å². The summed E-state index contributed by atoms with van der Waals surface area (Å²) in [6.45, 7) is 1.38. The molecule has 25 heavy (non-hydrogen) atoms. The fourth-order valence-corrected chi connectivity index (χ4v) is 3.09. The summed E-state index contributed by atoms with van der Waals surface area (Å²) in [7, 11) is 0. The number of carbonyl (C=O) groups is 1. The summed E-state index contributed by atoms with van der Waals surface area (Å²) < 4.78 is 0. The van der Waals surface area contributed by atoms with Gasteiger partial charge in [-0.3, -0.25) is 14.8 Å². The SMILES string of the molecule is O=C(NCc1ccncc1)c1cncc(N2CCc3ccccc32)c1. The second-order valence-corrected chi connectivity index (χ2v) is 6.00. The number of amides is 1. The summed E-state index contributed by atoms with van der Waals surface area (Å²) in [5.74, 6) is -0.126. The zero-order valence-electron chi connectivity index (χ0n) is 13.7. The van der Waals surface area contributed by atoms with Gasteiger partial charge in [0.1, 0.15) is 0 Å². The molecule has 3 heterocycles. The molecule has 0 fully saturated rings. The van der Waals surface area contributed by atoms with Crippen molar-refractivity contribution in [2.24, 2.45) is 0 Å². The molecule has 5 nitrogen and oxygen atoms in total. The highest BCUT2D eigenvalue weighted by molar-refractivity contribution is 5.95. The van der Waals surface area contributed by atoms with E-state index in [1.165, 1.54) is 11.3 Å². The number of anilines is 2. The quantitative estimate of drug-likeness (QED) is 0.798.